The third-order valence-corrected chi connectivity index (χ3v) is 8.45. The lowest BCUT2D eigenvalue weighted by molar-refractivity contribution is -0.139. The van der Waals surface area contributed by atoms with Gasteiger partial charge in [0.05, 0.1) is 29.2 Å². The maximum absolute atomic E-state index is 12.6. The van der Waals surface area contributed by atoms with Gasteiger partial charge in [-0.1, -0.05) is 17.3 Å². The van der Waals surface area contributed by atoms with E-state index in [9.17, 15) is 14.7 Å². The molecule has 10 heteroatoms. The third kappa shape index (κ3) is 3.45. The lowest BCUT2D eigenvalue weighted by Gasteiger charge is -2.58. The summed E-state index contributed by atoms with van der Waals surface area (Å²) in [7, 11) is 0. The van der Waals surface area contributed by atoms with Gasteiger partial charge in [0.15, 0.2) is 0 Å². The number of rotatable bonds is 5. The Balaban J connectivity index is 1.19. The second-order valence-corrected chi connectivity index (χ2v) is 10.8. The molecule has 35 heavy (non-hydrogen) atoms. The second kappa shape index (κ2) is 7.61. The number of hydrogen-bond acceptors (Lipinski definition) is 9. The first-order chi connectivity index (χ1) is 17.0. The normalized spacial score (nSPS) is 34.2. The van der Waals surface area contributed by atoms with Crippen LogP contribution in [0.3, 0.4) is 0 Å². The van der Waals surface area contributed by atoms with Crippen LogP contribution >= 0.6 is 0 Å². The van der Waals surface area contributed by atoms with Crippen molar-refractivity contribution < 1.29 is 24.0 Å². The average molecular weight is 478 g/mol. The van der Waals surface area contributed by atoms with Crippen molar-refractivity contribution in [3.63, 3.8) is 0 Å². The van der Waals surface area contributed by atoms with E-state index in [1.165, 1.54) is 0 Å². The maximum Gasteiger partial charge on any atom is 0.328 e. The van der Waals surface area contributed by atoms with E-state index in [2.05, 4.69) is 37.9 Å². The van der Waals surface area contributed by atoms with E-state index in [-0.39, 0.29) is 24.4 Å². The number of pyridine rings is 1. The summed E-state index contributed by atoms with van der Waals surface area (Å²) in [5.41, 5.74) is 3.03. The van der Waals surface area contributed by atoms with Crippen LogP contribution in [0.1, 0.15) is 60.4 Å². The number of aromatic nitrogens is 3. The minimum absolute atomic E-state index is 0.140. The van der Waals surface area contributed by atoms with Crippen LogP contribution in [0.25, 0.3) is 17.5 Å². The zero-order valence-corrected chi connectivity index (χ0v) is 19.2. The van der Waals surface area contributed by atoms with Gasteiger partial charge in [-0.3, -0.25) is 9.78 Å². The van der Waals surface area contributed by atoms with Gasteiger partial charge in [0.1, 0.15) is 6.04 Å². The van der Waals surface area contributed by atoms with E-state index in [1.54, 1.807) is 6.20 Å². The Morgan fingerprint density at radius 3 is 2.77 bits per heavy atom. The molecule has 5 fully saturated rings. The molecule has 3 N–H and O–H groups in total. The molecule has 0 radical (unpaired) electrons. The Bertz CT molecular complexity index is 1240. The van der Waals surface area contributed by atoms with Crippen LogP contribution in [-0.4, -0.2) is 56.4 Å². The van der Waals surface area contributed by atoms with E-state index in [0.717, 1.165) is 55.5 Å². The number of anilines is 1. The van der Waals surface area contributed by atoms with Crippen LogP contribution in [0, 0.1) is 17.8 Å². The third-order valence-electron chi connectivity index (χ3n) is 8.45. The molecule has 2 aromatic rings. The van der Waals surface area contributed by atoms with Gasteiger partial charge in [-0.2, -0.15) is 4.98 Å². The first kappa shape index (κ1) is 21.0. The van der Waals surface area contributed by atoms with Crippen molar-refractivity contribution >= 4 is 23.6 Å². The SMILES string of the molecule is O=C(NC1CCOC1=O)c1noc(-c2cnc3c(c2NC2[C@@H]4CC5C[C@H]2CC(O)(C5)C4)C=CC3)n1. The number of allylic oxidation sites excluding steroid dienone is 1. The van der Waals surface area contributed by atoms with E-state index in [0.29, 0.717) is 29.7 Å². The van der Waals surface area contributed by atoms with Gasteiger partial charge in [0, 0.05) is 30.6 Å². The number of carbonyl (C=O) groups excluding carboxylic acids is 2. The molecule has 6 atom stereocenters. The molecule has 2 aromatic heterocycles. The van der Waals surface area contributed by atoms with Gasteiger partial charge in [0.2, 0.25) is 0 Å². The molecule has 4 saturated carbocycles. The molecule has 0 spiro atoms. The van der Waals surface area contributed by atoms with E-state index >= 15 is 0 Å². The largest absolute Gasteiger partial charge is 0.464 e. The molecule has 4 bridgehead atoms. The lowest BCUT2D eigenvalue weighted by Crippen LogP contribution is -2.59. The average Bonchev–Trinajstić information content (AvgIpc) is 3.56. The minimum atomic E-state index is -0.694. The number of nitrogens with one attached hydrogen (secondary N) is 2. The molecule has 3 heterocycles. The number of carbonyl (C=O) groups is 2. The standard InChI is InChI=1S/C25H27N5O5/c31-22(27-18-4-5-34-24(18)32)21-29-23(35-30-21)16-11-26-17-3-1-2-15(17)20(16)28-19-13-6-12-7-14(19)10-25(33,8-12)9-13/h1-2,11-14,18-19,33H,3-10H2,(H,26,28)(H,27,31)/t12?,13-,14+,18?,19?,25?. The van der Waals surface area contributed by atoms with E-state index < -0.39 is 23.5 Å². The summed E-state index contributed by atoms with van der Waals surface area (Å²) < 4.78 is 10.4. The summed E-state index contributed by atoms with van der Waals surface area (Å²) >= 11 is 0. The highest BCUT2D eigenvalue weighted by Crippen LogP contribution is 2.56. The molecule has 8 rings (SSSR count). The van der Waals surface area contributed by atoms with E-state index in [1.807, 2.05) is 0 Å². The van der Waals surface area contributed by atoms with Crippen LogP contribution < -0.4 is 10.6 Å². The number of amides is 1. The summed E-state index contributed by atoms with van der Waals surface area (Å²) in [6.45, 7) is 0.284. The molecule has 1 amide bonds. The molecule has 10 nitrogen and oxygen atoms in total. The number of fused-ring (bicyclic) bond motifs is 1. The van der Waals surface area contributed by atoms with Crippen LogP contribution in [0.2, 0.25) is 0 Å². The maximum atomic E-state index is 12.6. The van der Waals surface area contributed by atoms with Crippen molar-refractivity contribution in [2.75, 3.05) is 11.9 Å². The zero-order chi connectivity index (χ0) is 23.7. The van der Waals surface area contributed by atoms with Gasteiger partial charge < -0.3 is 25.0 Å². The monoisotopic (exact) mass is 477 g/mol. The number of aliphatic hydroxyl groups is 1. The summed E-state index contributed by atoms with van der Waals surface area (Å²) in [4.78, 5) is 33.3. The predicted octanol–water partition coefficient (Wildman–Crippen LogP) is 2.10. The van der Waals surface area contributed by atoms with Crippen molar-refractivity contribution in [3.8, 4) is 11.5 Å². The highest BCUT2D eigenvalue weighted by atomic mass is 16.5. The van der Waals surface area contributed by atoms with Crippen LogP contribution in [0.5, 0.6) is 0 Å². The molecule has 1 aliphatic heterocycles. The highest BCUT2D eigenvalue weighted by Gasteiger charge is 2.55. The van der Waals surface area contributed by atoms with Gasteiger partial charge >= 0.3 is 5.97 Å². The fourth-order valence-corrected chi connectivity index (χ4v) is 7.17. The van der Waals surface area contributed by atoms with Crippen LogP contribution in [0.15, 0.2) is 16.8 Å². The van der Waals surface area contributed by atoms with Crippen LogP contribution in [0.4, 0.5) is 5.69 Å². The molecular weight excluding hydrogens is 450 g/mol. The Kier molecular flexibility index (Phi) is 4.58. The van der Waals surface area contributed by atoms with Crippen LogP contribution in [-0.2, 0) is 16.0 Å². The number of hydrogen-bond donors (Lipinski definition) is 3. The van der Waals surface area contributed by atoms with Crippen molar-refractivity contribution in [1.29, 1.82) is 0 Å². The highest BCUT2D eigenvalue weighted by molar-refractivity contribution is 5.94. The number of ether oxygens (including phenoxy) is 1. The first-order valence-electron chi connectivity index (χ1n) is 12.4. The molecule has 4 unspecified atom stereocenters. The molecule has 6 aliphatic rings. The minimum Gasteiger partial charge on any atom is -0.464 e. The summed E-state index contributed by atoms with van der Waals surface area (Å²) in [6.07, 6.45) is 12.0. The number of cyclic esters (lactones) is 1. The Morgan fingerprint density at radius 1 is 1.20 bits per heavy atom. The summed E-state index contributed by atoms with van der Waals surface area (Å²) in [5, 5.41) is 21.3. The van der Waals surface area contributed by atoms with Crippen molar-refractivity contribution in [2.45, 2.75) is 62.6 Å². The zero-order valence-electron chi connectivity index (χ0n) is 19.2. The number of nitrogens with zero attached hydrogens (tertiary/aromatic N) is 3. The van der Waals surface area contributed by atoms with Gasteiger partial charge in [0.25, 0.3) is 17.6 Å². The molecule has 5 aliphatic carbocycles. The quantitative estimate of drug-likeness (QED) is 0.552. The van der Waals surface area contributed by atoms with Gasteiger partial charge in [-0.05, 0) is 49.9 Å². The molecule has 0 aromatic carbocycles. The fraction of sp³-hybridized carbons (Fsp3) is 0.560. The Morgan fingerprint density at radius 2 is 2.03 bits per heavy atom. The molecule has 182 valence electrons. The van der Waals surface area contributed by atoms with Crippen molar-refractivity contribution in [2.24, 2.45) is 17.8 Å². The summed E-state index contributed by atoms with van der Waals surface area (Å²) in [5.74, 6) is 0.479. The van der Waals surface area contributed by atoms with Crippen molar-refractivity contribution in [3.05, 3.63) is 29.4 Å². The fourth-order valence-electron chi connectivity index (χ4n) is 7.17. The van der Waals surface area contributed by atoms with Gasteiger partial charge in [-0.25, -0.2) is 4.79 Å². The first-order valence-corrected chi connectivity index (χ1v) is 12.4. The van der Waals surface area contributed by atoms with E-state index in [4.69, 9.17) is 9.26 Å². The van der Waals surface area contributed by atoms with Gasteiger partial charge in [-0.15, -0.1) is 0 Å². The summed E-state index contributed by atoms with van der Waals surface area (Å²) in [6, 6.07) is -0.439. The topological polar surface area (TPSA) is 139 Å². The molecule has 1 saturated heterocycles. The van der Waals surface area contributed by atoms with Crippen molar-refractivity contribution in [1.82, 2.24) is 20.4 Å². The second-order valence-electron chi connectivity index (χ2n) is 10.8. The predicted molar refractivity (Wildman–Crippen MR) is 123 cm³/mol. The molecular formula is C25H27N5O5. The Hall–Kier alpha value is -3.27. The Labute approximate surface area is 201 Å². The smallest absolute Gasteiger partial charge is 0.328 e. The number of esters is 1. The lowest BCUT2D eigenvalue weighted by atomic mass is 9.52.